The maximum atomic E-state index is 11.9. The van der Waals surface area contributed by atoms with E-state index in [1.165, 1.54) is 24.0 Å². The van der Waals surface area contributed by atoms with Crippen LogP contribution in [0.2, 0.25) is 10.2 Å². The lowest BCUT2D eigenvalue weighted by molar-refractivity contribution is -0.139. The van der Waals surface area contributed by atoms with Gasteiger partial charge in [-0.05, 0) is 24.5 Å². The average molecular weight is 323 g/mol. The van der Waals surface area contributed by atoms with E-state index in [0.717, 1.165) is 0 Å². The number of rotatable bonds is 6. The molecule has 1 atom stereocenters. The number of nitrogens with one attached hydrogen (secondary N) is 1. The monoisotopic (exact) mass is 322 g/mol. The van der Waals surface area contributed by atoms with Crippen LogP contribution in [0.15, 0.2) is 12.3 Å². The van der Waals surface area contributed by atoms with Crippen molar-refractivity contribution >= 4 is 46.8 Å². The quantitative estimate of drug-likeness (QED) is 0.786. The number of nitrogens with zero attached hydrogens (tertiary/aromatic N) is 1. The molecule has 0 aliphatic heterocycles. The van der Waals surface area contributed by atoms with Gasteiger partial charge < -0.3 is 10.4 Å². The van der Waals surface area contributed by atoms with Crippen molar-refractivity contribution in [1.82, 2.24) is 10.3 Å². The molecule has 0 aromatic carbocycles. The summed E-state index contributed by atoms with van der Waals surface area (Å²) in [4.78, 5) is 26.6. The molecule has 0 saturated carbocycles. The Morgan fingerprint density at radius 3 is 2.74 bits per heavy atom. The number of aromatic nitrogens is 1. The SMILES string of the molecule is CSCC[C@@H](NC(=O)c1cnc(Cl)c(Cl)c1)C(=O)O. The molecule has 0 aliphatic carbocycles. The molecule has 1 aromatic rings. The highest BCUT2D eigenvalue weighted by molar-refractivity contribution is 7.98. The molecule has 0 spiro atoms. The fraction of sp³-hybridized carbons (Fsp3) is 0.364. The van der Waals surface area contributed by atoms with E-state index in [-0.39, 0.29) is 15.7 Å². The van der Waals surface area contributed by atoms with Crippen molar-refractivity contribution in [3.05, 3.63) is 28.0 Å². The first-order valence-corrected chi connectivity index (χ1v) is 7.44. The summed E-state index contributed by atoms with van der Waals surface area (Å²) in [5, 5.41) is 11.7. The lowest BCUT2D eigenvalue weighted by Gasteiger charge is -2.13. The number of carbonyl (C=O) groups is 2. The summed E-state index contributed by atoms with van der Waals surface area (Å²) in [6.07, 6.45) is 3.46. The summed E-state index contributed by atoms with van der Waals surface area (Å²) in [6.45, 7) is 0. The summed E-state index contributed by atoms with van der Waals surface area (Å²) in [6, 6.07) is 0.411. The zero-order valence-corrected chi connectivity index (χ0v) is 12.3. The maximum absolute atomic E-state index is 11.9. The van der Waals surface area contributed by atoms with E-state index in [0.29, 0.717) is 12.2 Å². The number of amides is 1. The van der Waals surface area contributed by atoms with Crippen molar-refractivity contribution in [3.63, 3.8) is 0 Å². The molecule has 5 nitrogen and oxygen atoms in total. The van der Waals surface area contributed by atoms with Crippen LogP contribution in [0.5, 0.6) is 0 Å². The van der Waals surface area contributed by atoms with Crippen molar-refractivity contribution in [2.75, 3.05) is 12.0 Å². The van der Waals surface area contributed by atoms with Gasteiger partial charge in [0.05, 0.1) is 10.6 Å². The Bertz CT molecular complexity index is 485. The molecular formula is C11H12Cl2N2O3S. The highest BCUT2D eigenvalue weighted by atomic mass is 35.5. The highest BCUT2D eigenvalue weighted by Gasteiger charge is 2.20. The number of halogens is 2. The second-order valence-electron chi connectivity index (χ2n) is 3.64. The van der Waals surface area contributed by atoms with Crippen LogP contribution in [0.25, 0.3) is 0 Å². The standard InChI is InChI=1S/C11H12Cl2N2O3S/c1-19-3-2-8(11(17)18)15-10(16)6-4-7(12)9(13)14-5-6/h4-5,8H,2-3H2,1H3,(H,15,16)(H,17,18)/t8-/m1/s1. The third kappa shape index (κ3) is 4.89. The highest BCUT2D eigenvalue weighted by Crippen LogP contribution is 2.19. The van der Waals surface area contributed by atoms with E-state index in [9.17, 15) is 9.59 Å². The number of thioether (sulfide) groups is 1. The number of carbonyl (C=O) groups excluding carboxylic acids is 1. The number of pyridine rings is 1. The molecule has 19 heavy (non-hydrogen) atoms. The molecule has 2 N–H and O–H groups in total. The van der Waals surface area contributed by atoms with Crippen LogP contribution < -0.4 is 5.32 Å². The topological polar surface area (TPSA) is 79.3 Å². The van der Waals surface area contributed by atoms with Crippen molar-refractivity contribution in [2.45, 2.75) is 12.5 Å². The average Bonchev–Trinajstić information content (AvgIpc) is 2.37. The van der Waals surface area contributed by atoms with Crippen LogP contribution in [0.1, 0.15) is 16.8 Å². The Hall–Kier alpha value is -0.980. The van der Waals surface area contributed by atoms with Crippen LogP contribution >= 0.6 is 35.0 Å². The molecular weight excluding hydrogens is 311 g/mol. The fourth-order valence-electron chi connectivity index (χ4n) is 1.28. The number of carboxylic acids is 1. The van der Waals surface area contributed by atoms with Crippen LogP contribution in [-0.4, -0.2) is 40.0 Å². The molecule has 0 saturated heterocycles. The second-order valence-corrected chi connectivity index (χ2v) is 5.39. The van der Waals surface area contributed by atoms with E-state index in [2.05, 4.69) is 10.3 Å². The van der Waals surface area contributed by atoms with Gasteiger partial charge in [-0.1, -0.05) is 23.2 Å². The molecule has 1 amide bonds. The van der Waals surface area contributed by atoms with Gasteiger partial charge >= 0.3 is 5.97 Å². The maximum Gasteiger partial charge on any atom is 0.326 e. The molecule has 1 rings (SSSR count). The molecule has 0 bridgehead atoms. The van der Waals surface area contributed by atoms with Gasteiger partial charge in [-0.3, -0.25) is 4.79 Å². The minimum Gasteiger partial charge on any atom is -0.480 e. The van der Waals surface area contributed by atoms with Gasteiger partial charge in [0.25, 0.3) is 5.91 Å². The van der Waals surface area contributed by atoms with Crippen molar-refractivity contribution in [1.29, 1.82) is 0 Å². The van der Waals surface area contributed by atoms with Crippen molar-refractivity contribution in [3.8, 4) is 0 Å². The van der Waals surface area contributed by atoms with Gasteiger partial charge in [-0.25, -0.2) is 9.78 Å². The lowest BCUT2D eigenvalue weighted by Crippen LogP contribution is -2.41. The normalized spacial score (nSPS) is 11.9. The van der Waals surface area contributed by atoms with Gasteiger partial charge in [-0.15, -0.1) is 0 Å². The number of hydrogen-bond acceptors (Lipinski definition) is 4. The Morgan fingerprint density at radius 1 is 1.53 bits per heavy atom. The van der Waals surface area contributed by atoms with Crippen molar-refractivity contribution < 1.29 is 14.7 Å². The molecule has 0 radical (unpaired) electrons. The largest absolute Gasteiger partial charge is 0.480 e. The first kappa shape index (κ1) is 16.1. The van der Waals surface area contributed by atoms with Gasteiger partial charge in [0, 0.05) is 6.20 Å². The minimum atomic E-state index is -1.07. The van der Waals surface area contributed by atoms with Gasteiger partial charge in [0.15, 0.2) is 0 Å². The molecule has 104 valence electrons. The number of carboxylic acid groups (broad SMARTS) is 1. The van der Waals surface area contributed by atoms with Gasteiger partial charge in [0.2, 0.25) is 0 Å². The predicted molar refractivity (Wildman–Crippen MR) is 76.1 cm³/mol. The van der Waals surface area contributed by atoms with Crippen molar-refractivity contribution in [2.24, 2.45) is 0 Å². The summed E-state index contributed by atoms with van der Waals surface area (Å²) in [7, 11) is 0. The Morgan fingerprint density at radius 2 is 2.21 bits per heavy atom. The Balaban J connectivity index is 2.75. The van der Waals surface area contributed by atoms with Crippen LogP contribution in [0.4, 0.5) is 0 Å². The number of aliphatic carboxylic acids is 1. The van der Waals surface area contributed by atoms with E-state index < -0.39 is 17.9 Å². The molecule has 1 aromatic heterocycles. The van der Waals surface area contributed by atoms with E-state index >= 15 is 0 Å². The molecule has 0 fully saturated rings. The third-order valence-electron chi connectivity index (χ3n) is 2.27. The fourth-order valence-corrected chi connectivity index (χ4v) is 2.02. The second kappa shape index (κ2) is 7.57. The lowest BCUT2D eigenvalue weighted by atomic mass is 10.2. The summed E-state index contributed by atoms with van der Waals surface area (Å²) < 4.78 is 0. The molecule has 8 heteroatoms. The first-order valence-electron chi connectivity index (χ1n) is 5.29. The van der Waals surface area contributed by atoms with Gasteiger partial charge in [-0.2, -0.15) is 11.8 Å². The zero-order chi connectivity index (χ0) is 14.4. The Labute approximate surface area is 124 Å². The predicted octanol–water partition coefficient (Wildman–Crippen LogP) is 2.32. The molecule has 0 aliphatic rings. The Kier molecular flexibility index (Phi) is 6.41. The third-order valence-corrected chi connectivity index (χ3v) is 3.60. The zero-order valence-electron chi connectivity index (χ0n) is 10.0. The van der Waals surface area contributed by atoms with E-state index in [1.807, 2.05) is 6.26 Å². The van der Waals surface area contributed by atoms with E-state index in [4.69, 9.17) is 28.3 Å². The van der Waals surface area contributed by atoms with Crippen LogP contribution in [0.3, 0.4) is 0 Å². The van der Waals surface area contributed by atoms with Gasteiger partial charge in [0.1, 0.15) is 11.2 Å². The number of hydrogen-bond donors (Lipinski definition) is 2. The van der Waals surface area contributed by atoms with E-state index in [1.54, 1.807) is 0 Å². The summed E-state index contributed by atoms with van der Waals surface area (Å²) >= 11 is 12.9. The summed E-state index contributed by atoms with van der Waals surface area (Å²) in [5.41, 5.74) is 0.171. The first-order chi connectivity index (χ1) is 8.95. The van der Waals surface area contributed by atoms with Crippen LogP contribution in [0, 0.1) is 0 Å². The molecule has 1 heterocycles. The summed E-state index contributed by atoms with van der Waals surface area (Å²) in [5.74, 6) is -0.980. The minimum absolute atomic E-state index is 0.0929. The smallest absolute Gasteiger partial charge is 0.326 e. The molecule has 0 unspecified atom stereocenters. The van der Waals surface area contributed by atoms with Crippen LogP contribution in [-0.2, 0) is 4.79 Å².